The molecule has 2 rings (SSSR count). The lowest BCUT2D eigenvalue weighted by molar-refractivity contribution is 0.122. The molecule has 1 saturated heterocycles. The highest BCUT2D eigenvalue weighted by Crippen LogP contribution is 2.35. The quantitative estimate of drug-likeness (QED) is 0.914. The summed E-state index contributed by atoms with van der Waals surface area (Å²) in [6.45, 7) is 7.40. The Balaban J connectivity index is 2.40. The van der Waals surface area contributed by atoms with Gasteiger partial charge in [-0.3, -0.25) is 4.90 Å². The van der Waals surface area contributed by atoms with E-state index >= 15 is 0 Å². The molecule has 1 fully saturated rings. The van der Waals surface area contributed by atoms with E-state index in [4.69, 9.17) is 11.6 Å². The molecule has 0 aromatic heterocycles. The van der Waals surface area contributed by atoms with Crippen molar-refractivity contribution in [3.63, 3.8) is 0 Å². The van der Waals surface area contributed by atoms with Crippen molar-refractivity contribution < 1.29 is 8.78 Å². The highest BCUT2D eigenvalue weighted by atomic mass is 35.5. The second-order valence-corrected chi connectivity index (χ2v) is 5.84. The maximum absolute atomic E-state index is 14.2. The van der Waals surface area contributed by atoms with Gasteiger partial charge in [0.05, 0.1) is 0 Å². The Bertz CT molecular complexity index is 438. The number of rotatable bonds is 4. The Morgan fingerprint density at radius 2 is 1.80 bits per heavy atom. The average Bonchev–Trinajstić information content (AvgIpc) is 2.42. The molecule has 5 heteroatoms. The molecule has 20 heavy (non-hydrogen) atoms. The number of hydrogen-bond donors (Lipinski definition) is 1. The number of nitrogens with zero attached hydrogens (tertiary/aromatic N) is 1. The molecule has 0 spiro atoms. The van der Waals surface area contributed by atoms with Crippen LogP contribution >= 0.6 is 11.6 Å². The highest BCUT2D eigenvalue weighted by Gasteiger charge is 2.31. The number of halogens is 3. The Hall–Kier alpha value is -0.710. The first-order chi connectivity index (χ1) is 9.54. The van der Waals surface area contributed by atoms with Crippen molar-refractivity contribution in [2.45, 2.75) is 26.3 Å². The van der Waals surface area contributed by atoms with Gasteiger partial charge >= 0.3 is 0 Å². The SMILES string of the molecule is CCC(C)[C@@H](c1c(F)cc(Cl)cc1F)N1CCNCC1. The summed E-state index contributed by atoms with van der Waals surface area (Å²) in [5.41, 5.74) is 0.158. The van der Waals surface area contributed by atoms with Gasteiger partial charge in [0.2, 0.25) is 0 Å². The Morgan fingerprint density at radius 1 is 1.25 bits per heavy atom. The predicted molar refractivity (Wildman–Crippen MR) is 78.0 cm³/mol. The van der Waals surface area contributed by atoms with Crippen LogP contribution in [0, 0.1) is 17.6 Å². The topological polar surface area (TPSA) is 15.3 Å². The van der Waals surface area contributed by atoms with Gasteiger partial charge in [-0.15, -0.1) is 0 Å². The van der Waals surface area contributed by atoms with Crippen LogP contribution in [0.1, 0.15) is 31.9 Å². The minimum atomic E-state index is -0.543. The van der Waals surface area contributed by atoms with Gasteiger partial charge in [-0.05, 0) is 18.1 Å². The van der Waals surface area contributed by atoms with Crippen LogP contribution in [0.25, 0.3) is 0 Å². The van der Waals surface area contributed by atoms with Crippen LogP contribution in [0.3, 0.4) is 0 Å². The summed E-state index contributed by atoms with van der Waals surface area (Å²) >= 11 is 5.72. The van der Waals surface area contributed by atoms with Crippen LogP contribution in [0.5, 0.6) is 0 Å². The molecule has 2 nitrogen and oxygen atoms in total. The lowest BCUT2D eigenvalue weighted by atomic mass is 9.90. The molecule has 0 saturated carbocycles. The molecule has 1 heterocycles. The molecular weight excluding hydrogens is 282 g/mol. The lowest BCUT2D eigenvalue weighted by Crippen LogP contribution is -2.47. The molecule has 1 aromatic rings. The van der Waals surface area contributed by atoms with Crippen molar-refractivity contribution in [1.29, 1.82) is 0 Å². The largest absolute Gasteiger partial charge is 0.314 e. The number of benzene rings is 1. The zero-order chi connectivity index (χ0) is 14.7. The second kappa shape index (κ2) is 6.83. The first-order valence-electron chi connectivity index (χ1n) is 7.13. The number of hydrogen-bond acceptors (Lipinski definition) is 2. The van der Waals surface area contributed by atoms with Crippen LogP contribution in [0.2, 0.25) is 5.02 Å². The van der Waals surface area contributed by atoms with Crippen LogP contribution in [-0.4, -0.2) is 31.1 Å². The van der Waals surface area contributed by atoms with E-state index in [-0.39, 0.29) is 22.5 Å². The number of nitrogens with one attached hydrogen (secondary N) is 1. The van der Waals surface area contributed by atoms with E-state index in [9.17, 15) is 8.78 Å². The van der Waals surface area contributed by atoms with Gasteiger partial charge in [0.1, 0.15) is 11.6 Å². The molecule has 0 radical (unpaired) electrons. The normalized spacial score (nSPS) is 19.9. The van der Waals surface area contributed by atoms with E-state index in [1.807, 2.05) is 13.8 Å². The maximum Gasteiger partial charge on any atom is 0.132 e. The molecule has 2 atom stereocenters. The third-order valence-electron chi connectivity index (χ3n) is 4.07. The summed E-state index contributed by atoms with van der Waals surface area (Å²) in [7, 11) is 0. The van der Waals surface area contributed by atoms with Gasteiger partial charge in [0.25, 0.3) is 0 Å². The van der Waals surface area contributed by atoms with Crippen LogP contribution in [-0.2, 0) is 0 Å². The summed E-state index contributed by atoms with van der Waals surface area (Å²) < 4.78 is 28.5. The van der Waals surface area contributed by atoms with Crippen molar-refractivity contribution >= 4 is 11.6 Å². The van der Waals surface area contributed by atoms with Crippen LogP contribution in [0.4, 0.5) is 8.78 Å². The second-order valence-electron chi connectivity index (χ2n) is 5.40. The number of piperazine rings is 1. The fourth-order valence-corrected chi connectivity index (χ4v) is 3.04. The van der Waals surface area contributed by atoms with Gasteiger partial charge < -0.3 is 5.32 Å². The molecule has 0 amide bonds. The zero-order valence-electron chi connectivity index (χ0n) is 11.9. The van der Waals surface area contributed by atoms with Crippen molar-refractivity contribution in [3.05, 3.63) is 34.4 Å². The maximum atomic E-state index is 14.2. The van der Waals surface area contributed by atoms with Crippen molar-refractivity contribution in [2.24, 2.45) is 5.92 Å². The Kier molecular flexibility index (Phi) is 5.35. The fraction of sp³-hybridized carbons (Fsp3) is 0.600. The molecule has 1 aliphatic rings. The third-order valence-corrected chi connectivity index (χ3v) is 4.29. The summed E-state index contributed by atoms with van der Waals surface area (Å²) in [4.78, 5) is 2.17. The monoisotopic (exact) mass is 302 g/mol. The molecule has 0 bridgehead atoms. The van der Waals surface area contributed by atoms with Gasteiger partial charge in [0.15, 0.2) is 0 Å². The van der Waals surface area contributed by atoms with Gasteiger partial charge in [0, 0.05) is 42.8 Å². The van der Waals surface area contributed by atoms with Gasteiger partial charge in [-0.25, -0.2) is 8.78 Å². The standard InChI is InChI=1S/C15H21ClF2N2/c1-3-10(2)15(20-6-4-19-5-7-20)14-12(17)8-11(16)9-13(14)18/h8-10,15,19H,3-7H2,1-2H3/t10?,15-/m0/s1. The average molecular weight is 303 g/mol. The third kappa shape index (κ3) is 3.30. The zero-order valence-corrected chi connectivity index (χ0v) is 12.7. The lowest BCUT2D eigenvalue weighted by Gasteiger charge is -2.38. The predicted octanol–water partition coefficient (Wildman–Crippen LogP) is 3.61. The molecule has 1 unspecified atom stereocenters. The van der Waals surface area contributed by atoms with E-state index in [1.54, 1.807) is 0 Å². The summed E-state index contributed by atoms with van der Waals surface area (Å²) in [6, 6.07) is 2.18. The summed E-state index contributed by atoms with van der Waals surface area (Å²) in [5.74, 6) is -0.907. The summed E-state index contributed by atoms with van der Waals surface area (Å²) in [6.07, 6.45) is 0.871. The minimum Gasteiger partial charge on any atom is -0.314 e. The van der Waals surface area contributed by atoms with E-state index in [0.29, 0.717) is 0 Å². The molecular formula is C15H21ClF2N2. The van der Waals surface area contributed by atoms with E-state index in [0.717, 1.165) is 32.6 Å². The van der Waals surface area contributed by atoms with Crippen LogP contribution < -0.4 is 5.32 Å². The fourth-order valence-electron chi connectivity index (χ4n) is 2.85. The van der Waals surface area contributed by atoms with Gasteiger partial charge in [-0.2, -0.15) is 0 Å². The minimum absolute atomic E-state index is 0.104. The molecule has 1 aliphatic heterocycles. The molecule has 1 N–H and O–H groups in total. The van der Waals surface area contributed by atoms with E-state index in [1.165, 1.54) is 12.1 Å². The van der Waals surface area contributed by atoms with Crippen LogP contribution in [0.15, 0.2) is 12.1 Å². The van der Waals surface area contributed by atoms with Crippen molar-refractivity contribution in [2.75, 3.05) is 26.2 Å². The van der Waals surface area contributed by atoms with Crippen molar-refractivity contribution in [3.8, 4) is 0 Å². The Labute approximate surface area is 124 Å². The van der Waals surface area contributed by atoms with E-state index in [2.05, 4.69) is 10.2 Å². The molecule has 0 aliphatic carbocycles. The first-order valence-corrected chi connectivity index (χ1v) is 7.51. The summed E-state index contributed by atoms with van der Waals surface area (Å²) in [5, 5.41) is 3.37. The molecule has 1 aromatic carbocycles. The first kappa shape index (κ1) is 15.7. The van der Waals surface area contributed by atoms with Crippen molar-refractivity contribution in [1.82, 2.24) is 10.2 Å². The van der Waals surface area contributed by atoms with Gasteiger partial charge in [-0.1, -0.05) is 31.9 Å². The Morgan fingerprint density at radius 3 is 2.30 bits per heavy atom. The molecule has 112 valence electrons. The highest BCUT2D eigenvalue weighted by molar-refractivity contribution is 6.30. The van der Waals surface area contributed by atoms with E-state index < -0.39 is 11.6 Å². The smallest absolute Gasteiger partial charge is 0.132 e.